The van der Waals surface area contributed by atoms with E-state index in [-0.39, 0.29) is 5.82 Å². The molecular formula is C16H19FN2. The molecular weight excluding hydrogens is 239 g/mol. The fourth-order valence-electron chi connectivity index (χ4n) is 2.14. The molecule has 2 aromatic rings. The summed E-state index contributed by atoms with van der Waals surface area (Å²) in [5, 5.41) is 0. The van der Waals surface area contributed by atoms with E-state index in [2.05, 4.69) is 36.1 Å². The Labute approximate surface area is 113 Å². The van der Waals surface area contributed by atoms with Gasteiger partial charge in [0.1, 0.15) is 5.82 Å². The lowest BCUT2D eigenvalue weighted by atomic mass is 10.1. The molecule has 0 amide bonds. The van der Waals surface area contributed by atoms with Gasteiger partial charge in [0.15, 0.2) is 0 Å². The molecule has 2 aromatic carbocycles. The van der Waals surface area contributed by atoms with Crippen LogP contribution < -0.4 is 10.6 Å². The fourth-order valence-corrected chi connectivity index (χ4v) is 2.14. The maximum atomic E-state index is 13.0. The second-order valence-corrected chi connectivity index (χ2v) is 4.68. The van der Waals surface area contributed by atoms with Crippen molar-refractivity contribution in [3.8, 4) is 0 Å². The van der Waals surface area contributed by atoms with E-state index in [4.69, 9.17) is 5.73 Å². The average molecular weight is 258 g/mol. The smallest absolute Gasteiger partial charge is 0.123 e. The second-order valence-electron chi connectivity index (χ2n) is 4.68. The van der Waals surface area contributed by atoms with Gasteiger partial charge in [-0.05, 0) is 36.8 Å². The van der Waals surface area contributed by atoms with Crippen LogP contribution in [0.4, 0.5) is 10.1 Å². The van der Waals surface area contributed by atoms with E-state index >= 15 is 0 Å². The molecule has 0 aromatic heterocycles. The number of rotatable bonds is 5. The van der Waals surface area contributed by atoms with Gasteiger partial charge in [-0.15, -0.1) is 0 Å². The first-order chi connectivity index (χ1) is 9.19. The summed E-state index contributed by atoms with van der Waals surface area (Å²) < 4.78 is 13.0. The van der Waals surface area contributed by atoms with Crippen molar-refractivity contribution in [2.24, 2.45) is 5.73 Å². The van der Waals surface area contributed by atoms with E-state index in [1.54, 1.807) is 12.1 Å². The Hall–Kier alpha value is -1.87. The van der Waals surface area contributed by atoms with Gasteiger partial charge in [0, 0.05) is 25.3 Å². The molecule has 0 saturated carbocycles. The molecule has 0 bridgehead atoms. The van der Waals surface area contributed by atoms with Crippen molar-refractivity contribution in [3.63, 3.8) is 0 Å². The van der Waals surface area contributed by atoms with E-state index in [0.717, 1.165) is 18.8 Å². The highest BCUT2D eigenvalue weighted by Crippen LogP contribution is 2.18. The standard InChI is InChI=1S/C16H19FN2/c1-13-3-2-4-14(11-13)12-19(10-9-18)16-7-5-15(17)6-8-16/h2-8,11H,9-10,12,18H2,1H3. The summed E-state index contributed by atoms with van der Waals surface area (Å²) >= 11 is 0. The summed E-state index contributed by atoms with van der Waals surface area (Å²) in [5.74, 6) is -0.216. The molecule has 0 fully saturated rings. The predicted octanol–water partition coefficient (Wildman–Crippen LogP) is 3.10. The van der Waals surface area contributed by atoms with Crippen molar-refractivity contribution < 1.29 is 4.39 Å². The molecule has 3 heteroatoms. The van der Waals surface area contributed by atoms with Crippen LogP contribution in [0.25, 0.3) is 0 Å². The highest BCUT2D eigenvalue weighted by atomic mass is 19.1. The summed E-state index contributed by atoms with van der Waals surface area (Å²) in [6, 6.07) is 14.9. The Morgan fingerprint density at radius 1 is 1.11 bits per heavy atom. The Bertz CT molecular complexity index is 523. The molecule has 0 spiro atoms. The van der Waals surface area contributed by atoms with Gasteiger partial charge in [0.05, 0.1) is 0 Å². The summed E-state index contributed by atoms with van der Waals surface area (Å²) in [4.78, 5) is 2.16. The molecule has 0 radical (unpaired) electrons. The number of nitrogens with two attached hydrogens (primary N) is 1. The van der Waals surface area contributed by atoms with Crippen LogP contribution in [0.2, 0.25) is 0 Å². The Kier molecular flexibility index (Phi) is 4.53. The van der Waals surface area contributed by atoms with Crippen LogP contribution in [0, 0.1) is 12.7 Å². The SMILES string of the molecule is Cc1cccc(CN(CCN)c2ccc(F)cc2)c1. The molecule has 2 nitrogen and oxygen atoms in total. The van der Waals surface area contributed by atoms with Crippen molar-refractivity contribution in [3.05, 3.63) is 65.5 Å². The summed E-state index contributed by atoms with van der Waals surface area (Å²) in [5.41, 5.74) is 9.13. The number of nitrogens with zero attached hydrogens (tertiary/aromatic N) is 1. The number of benzene rings is 2. The average Bonchev–Trinajstić information content (AvgIpc) is 2.39. The van der Waals surface area contributed by atoms with Crippen molar-refractivity contribution in [1.82, 2.24) is 0 Å². The van der Waals surface area contributed by atoms with Gasteiger partial charge in [0.2, 0.25) is 0 Å². The zero-order chi connectivity index (χ0) is 13.7. The highest BCUT2D eigenvalue weighted by molar-refractivity contribution is 5.47. The van der Waals surface area contributed by atoms with Gasteiger partial charge in [-0.2, -0.15) is 0 Å². The van der Waals surface area contributed by atoms with Gasteiger partial charge in [-0.3, -0.25) is 0 Å². The number of aryl methyl sites for hydroxylation is 1. The third-order valence-electron chi connectivity index (χ3n) is 3.05. The number of hydrogen-bond donors (Lipinski definition) is 1. The molecule has 0 unspecified atom stereocenters. The van der Waals surface area contributed by atoms with E-state index < -0.39 is 0 Å². The van der Waals surface area contributed by atoms with E-state index in [1.165, 1.54) is 23.3 Å². The van der Waals surface area contributed by atoms with E-state index in [9.17, 15) is 4.39 Å². The van der Waals surface area contributed by atoms with Gasteiger partial charge >= 0.3 is 0 Å². The third-order valence-corrected chi connectivity index (χ3v) is 3.05. The number of hydrogen-bond acceptors (Lipinski definition) is 2. The molecule has 0 aliphatic carbocycles. The molecule has 0 aliphatic heterocycles. The van der Waals surface area contributed by atoms with Crippen LogP contribution in [0.1, 0.15) is 11.1 Å². The van der Waals surface area contributed by atoms with E-state index in [1.807, 2.05) is 0 Å². The summed E-state index contributed by atoms with van der Waals surface area (Å²) in [6.45, 7) is 4.18. The highest BCUT2D eigenvalue weighted by Gasteiger charge is 2.07. The molecule has 2 N–H and O–H groups in total. The minimum absolute atomic E-state index is 0.216. The van der Waals surface area contributed by atoms with E-state index in [0.29, 0.717) is 6.54 Å². The first-order valence-corrected chi connectivity index (χ1v) is 6.45. The third kappa shape index (κ3) is 3.80. The zero-order valence-corrected chi connectivity index (χ0v) is 11.1. The minimum Gasteiger partial charge on any atom is -0.366 e. The van der Waals surface area contributed by atoms with Crippen molar-refractivity contribution in [2.45, 2.75) is 13.5 Å². The number of anilines is 1. The predicted molar refractivity (Wildman–Crippen MR) is 77.7 cm³/mol. The number of halogens is 1. The monoisotopic (exact) mass is 258 g/mol. The lowest BCUT2D eigenvalue weighted by Crippen LogP contribution is -2.28. The van der Waals surface area contributed by atoms with Crippen molar-refractivity contribution in [2.75, 3.05) is 18.0 Å². The van der Waals surface area contributed by atoms with Crippen LogP contribution in [0.15, 0.2) is 48.5 Å². The zero-order valence-electron chi connectivity index (χ0n) is 11.1. The Morgan fingerprint density at radius 2 is 1.84 bits per heavy atom. The normalized spacial score (nSPS) is 10.5. The first-order valence-electron chi connectivity index (χ1n) is 6.45. The Morgan fingerprint density at radius 3 is 2.47 bits per heavy atom. The second kappa shape index (κ2) is 6.34. The molecule has 0 heterocycles. The van der Waals surface area contributed by atoms with Gasteiger partial charge in [-0.25, -0.2) is 4.39 Å². The van der Waals surface area contributed by atoms with Gasteiger partial charge in [-0.1, -0.05) is 29.8 Å². The molecule has 0 aliphatic rings. The lowest BCUT2D eigenvalue weighted by molar-refractivity contribution is 0.627. The fraction of sp³-hybridized carbons (Fsp3) is 0.250. The van der Waals surface area contributed by atoms with Crippen LogP contribution in [0.3, 0.4) is 0 Å². The van der Waals surface area contributed by atoms with Crippen molar-refractivity contribution in [1.29, 1.82) is 0 Å². The van der Waals surface area contributed by atoms with Crippen LogP contribution in [-0.2, 0) is 6.54 Å². The largest absolute Gasteiger partial charge is 0.366 e. The molecule has 100 valence electrons. The molecule has 2 rings (SSSR count). The Balaban J connectivity index is 2.18. The summed E-state index contributed by atoms with van der Waals surface area (Å²) in [7, 11) is 0. The molecule has 0 saturated heterocycles. The van der Waals surface area contributed by atoms with Gasteiger partial charge in [0.25, 0.3) is 0 Å². The molecule has 0 atom stereocenters. The quantitative estimate of drug-likeness (QED) is 0.893. The topological polar surface area (TPSA) is 29.3 Å². The maximum absolute atomic E-state index is 13.0. The van der Waals surface area contributed by atoms with Gasteiger partial charge < -0.3 is 10.6 Å². The van der Waals surface area contributed by atoms with Crippen LogP contribution >= 0.6 is 0 Å². The maximum Gasteiger partial charge on any atom is 0.123 e. The summed E-state index contributed by atoms with van der Waals surface area (Å²) in [6.07, 6.45) is 0. The first kappa shape index (κ1) is 13.6. The lowest BCUT2D eigenvalue weighted by Gasteiger charge is -2.24. The van der Waals surface area contributed by atoms with Crippen LogP contribution in [0.5, 0.6) is 0 Å². The molecule has 19 heavy (non-hydrogen) atoms. The minimum atomic E-state index is -0.216. The van der Waals surface area contributed by atoms with Crippen molar-refractivity contribution >= 4 is 5.69 Å². The van der Waals surface area contributed by atoms with Crippen LogP contribution in [-0.4, -0.2) is 13.1 Å².